The minimum Gasteiger partial charge on any atom is -0.352 e. The second kappa shape index (κ2) is 7.20. The van der Waals surface area contributed by atoms with Crippen molar-refractivity contribution >= 4 is 11.8 Å². The van der Waals surface area contributed by atoms with Crippen molar-refractivity contribution in [2.75, 3.05) is 6.54 Å². The Balaban J connectivity index is 1.99. The maximum absolute atomic E-state index is 12.2. The van der Waals surface area contributed by atoms with E-state index < -0.39 is 0 Å². The number of nitrogens with one attached hydrogen (secondary N) is 2. The second-order valence-electron chi connectivity index (χ2n) is 6.02. The van der Waals surface area contributed by atoms with Crippen LogP contribution in [0.3, 0.4) is 0 Å². The van der Waals surface area contributed by atoms with Crippen LogP contribution < -0.4 is 10.6 Å². The fourth-order valence-corrected chi connectivity index (χ4v) is 2.43. The predicted octanol–water partition coefficient (Wildman–Crippen LogP) is 2.14. The first-order chi connectivity index (χ1) is 10.1. The molecule has 1 aromatic rings. The summed E-state index contributed by atoms with van der Waals surface area (Å²) >= 11 is 0. The monoisotopic (exact) mass is 289 g/mol. The van der Waals surface area contributed by atoms with Crippen molar-refractivity contribution < 1.29 is 9.59 Å². The van der Waals surface area contributed by atoms with Crippen LogP contribution in [0, 0.1) is 5.92 Å². The summed E-state index contributed by atoms with van der Waals surface area (Å²) in [5.74, 6) is 0.0513. The Morgan fingerprint density at radius 3 is 2.43 bits per heavy atom. The number of nitrogens with zero attached hydrogens (tertiary/aromatic N) is 1. The zero-order valence-electron chi connectivity index (χ0n) is 12.7. The van der Waals surface area contributed by atoms with Gasteiger partial charge in [-0.25, -0.2) is 0 Å². The van der Waals surface area contributed by atoms with Gasteiger partial charge in [-0.05, 0) is 24.8 Å². The number of hydrogen-bond donors (Lipinski definition) is 2. The molecule has 5 heteroatoms. The number of hydrogen-bond acceptors (Lipinski definition) is 3. The lowest BCUT2D eigenvalue weighted by atomic mass is 10.1. The zero-order chi connectivity index (χ0) is 15.2. The van der Waals surface area contributed by atoms with Gasteiger partial charge in [0.2, 0.25) is 0 Å². The molecule has 1 saturated carbocycles. The molecule has 0 unspecified atom stereocenters. The summed E-state index contributed by atoms with van der Waals surface area (Å²) in [5, 5.41) is 5.83. The van der Waals surface area contributed by atoms with Gasteiger partial charge in [0.1, 0.15) is 0 Å². The van der Waals surface area contributed by atoms with Crippen LogP contribution >= 0.6 is 0 Å². The molecule has 1 fully saturated rings. The van der Waals surface area contributed by atoms with Gasteiger partial charge in [-0.15, -0.1) is 0 Å². The molecule has 2 N–H and O–H groups in total. The third kappa shape index (κ3) is 4.55. The molecule has 0 atom stereocenters. The Morgan fingerprint density at radius 1 is 1.19 bits per heavy atom. The number of pyridine rings is 1. The number of rotatable bonds is 5. The van der Waals surface area contributed by atoms with Crippen molar-refractivity contribution in [3.05, 3.63) is 29.6 Å². The third-order valence-electron chi connectivity index (χ3n) is 3.62. The molecule has 114 valence electrons. The van der Waals surface area contributed by atoms with Crippen molar-refractivity contribution in [3.63, 3.8) is 0 Å². The largest absolute Gasteiger partial charge is 0.352 e. The molecule has 1 heterocycles. The minimum atomic E-state index is -0.188. The first-order valence-corrected chi connectivity index (χ1v) is 7.60. The van der Waals surface area contributed by atoms with E-state index >= 15 is 0 Å². The number of carbonyl (C=O) groups is 2. The highest BCUT2D eigenvalue weighted by Crippen LogP contribution is 2.18. The average molecular weight is 289 g/mol. The van der Waals surface area contributed by atoms with Crippen LogP contribution in [0.15, 0.2) is 18.5 Å². The maximum Gasteiger partial charge on any atom is 0.253 e. The topological polar surface area (TPSA) is 71.1 Å². The van der Waals surface area contributed by atoms with Gasteiger partial charge < -0.3 is 10.6 Å². The Kier molecular flexibility index (Phi) is 5.31. The molecule has 0 radical (unpaired) electrons. The van der Waals surface area contributed by atoms with E-state index in [1.807, 2.05) is 13.8 Å². The van der Waals surface area contributed by atoms with Crippen LogP contribution in [-0.2, 0) is 0 Å². The molecular weight excluding hydrogens is 266 g/mol. The molecule has 1 aliphatic rings. The van der Waals surface area contributed by atoms with Crippen LogP contribution in [0.5, 0.6) is 0 Å². The van der Waals surface area contributed by atoms with Crippen molar-refractivity contribution in [1.82, 2.24) is 15.6 Å². The number of amides is 2. The number of aromatic nitrogens is 1. The molecule has 1 aliphatic carbocycles. The van der Waals surface area contributed by atoms with E-state index in [0.717, 1.165) is 12.8 Å². The van der Waals surface area contributed by atoms with Gasteiger partial charge in [-0.1, -0.05) is 26.7 Å². The maximum atomic E-state index is 12.2. The summed E-state index contributed by atoms with van der Waals surface area (Å²) in [6, 6.07) is 1.86. The van der Waals surface area contributed by atoms with Gasteiger partial charge in [0.25, 0.3) is 11.8 Å². The standard InChI is InChI=1S/C16H23N3O2/c1-11(2)8-18-15(20)12-7-13(10-17-9-12)16(21)19-14-5-3-4-6-14/h7,9-11,14H,3-6,8H2,1-2H3,(H,18,20)(H,19,21). The van der Waals surface area contributed by atoms with E-state index in [-0.39, 0.29) is 17.9 Å². The highest BCUT2D eigenvalue weighted by atomic mass is 16.2. The quantitative estimate of drug-likeness (QED) is 0.872. The fourth-order valence-electron chi connectivity index (χ4n) is 2.43. The Morgan fingerprint density at radius 2 is 1.81 bits per heavy atom. The molecule has 0 aliphatic heterocycles. The Labute approximate surface area is 125 Å². The SMILES string of the molecule is CC(C)CNC(=O)c1cncc(C(=O)NC2CCCC2)c1. The molecular formula is C16H23N3O2. The van der Waals surface area contributed by atoms with Gasteiger partial charge in [0.15, 0.2) is 0 Å². The van der Waals surface area contributed by atoms with Crippen molar-refractivity contribution in [2.24, 2.45) is 5.92 Å². The Bertz CT molecular complexity index is 508. The highest BCUT2D eigenvalue weighted by Gasteiger charge is 2.18. The number of carbonyl (C=O) groups excluding carboxylic acids is 2. The van der Waals surface area contributed by atoms with Crippen molar-refractivity contribution in [2.45, 2.75) is 45.6 Å². The Hall–Kier alpha value is -1.91. The first-order valence-electron chi connectivity index (χ1n) is 7.60. The summed E-state index contributed by atoms with van der Waals surface area (Å²) in [4.78, 5) is 28.2. The first kappa shape index (κ1) is 15.5. The van der Waals surface area contributed by atoms with Gasteiger partial charge in [0, 0.05) is 25.0 Å². The molecule has 5 nitrogen and oxygen atoms in total. The summed E-state index contributed by atoms with van der Waals surface area (Å²) in [5.41, 5.74) is 0.869. The molecule has 2 amide bonds. The van der Waals surface area contributed by atoms with Crippen molar-refractivity contribution in [1.29, 1.82) is 0 Å². The van der Waals surface area contributed by atoms with E-state index in [9.17, 15) is 9.59 Å². The molecule has 2 rings (SSSR count). The van der Waals surface area contributed by atoms with Crippen LogP contribution in [0.2, 0.25) is 0 Å². The summed E-state index contributed by atoms with van der Waals surface area (Å²) < 4.78 is 0. The minimum absolute atomic E-state index is 0.145. The molecule has 0 spiro atoms. The molecule has 21 heavy (non-hydrogen) atoms. The predicted molar refractivity (Wildman–Crippen MR) is 81.1 cm³/mol. The lowest BCUT2D eigenvalue weighted by molar-refractivity contribution is 0.0937. The van der Waals surface area contributed by atoms with Gasteiger partial charge in [-0.2, -0.15) is 0 Å². The van der Waals surface area contributed by atoms with Crippen LogP contribution in [0.1, 0.15) is 60.2 Å². The van der Waals surface area contributed by atoms with E-state index in [2.05, 4.69) is 15.6 Å². The van der Waals surface area contributed by atoms with Gasteiger partial charge >= 0.3 is 0 Å². The molecule has 0 aromatic carbocycles. The molecule has 0 bridgehead atoms. The van der Waals surface area contributed by atoms with Gasteiger partial charge in [0.05, 0.1) is 11.1 Å². The summed E-state index contributed by atoms with van der Waals surface area (Å²) in [6.07, 6.45) is 7.40. The van der Waals surface area contributed by atoms with E-state index in [1.165, 1.54) is 25.2 Å². The normalized spacial score (nSPS) is 15.2. The molecule has 0 saturated heterocycles. The summed E-state index contributed by atoms with van der Waals surface area (Å²) in [7, 11) is 0. The fraction of sp³-hybridized carbons (Fsp3) is 0.562. The van der Waals surface area contributed by atoms with E-state index in [1.54, 1.807) is 6.07 Å². The highest BCUT2D eigenvalue weighted by molar-refractivity contribution is 5.99. The lowest BCUT2D eigenvalue weighted by Crippen LogP contribution is -2.33. The zero-order valence-corrected chi connectivity index (χ0v) is 12.7. The van der Waals surface area contributed by atoms with Crippen LogP contribution in [-0.4, -0.2) is 29.4 Å². The van der Waals surface area contributed by atoms with Gasteiger partial charge in [-0.3, -0.25) is 14.6 Å². The van der Waals surface area contributed by atoms with E-state index in [0.29, 0.717) is 23.6 Å². The van der Waals surface area contributed by atoms with Crippen molar-refractivity contribution in [3.8, 4) is 0 Å². The summed E-state index contributed by atoms with van der Waals surface area (Å²) in [6.45, 7) is 4.67. The second-order valence-corrected chi connectivity index (χ2v) is 6.02. The average Bonchev–Trinajstić information content (AvgIpc) is 2.97. The van der Waals surface area contributed by atoms with Crippen LogP contribution in [0.25, 0.3) is 0 Å². The smallest absolute Gasteiger partial charge is 0.253 e. The lowest BCUT2D eigenvalue weighted by Gasteiger charge is -2.12. The third-order valence-corrected chi connectivity index (χ3v) is 3.62. The van der Waals surface area contributed by atoms with E-state index in [4.69, 9.17) is 0 Å². The molecule has 1 aromatic heterocycles. The van der Waals surface area contributed by atoms with Crippen LogP contribution in [0.4, 0.5) is 0 Å².